The first kappa shape index (κ1) is 20.6. The Labute approximate surface area is 190 Å². The number of thiazole rings is 1. The van der Waals surface area contributed by atoms with E-state index in [-0.39, 0.29) is 5.91 Å². The number of nitrogens with zero attached hydrogens (tertiary/aromatic N) is 2. The third-order valence-electron chi connectivity index (χ3n) is 6.20. The molecule has 1 aliphatic heterocycles. The molecule has 7 heteroatoms. The molecule has 2 aromatic heterocycles. The molecule has 0 radical (unpaired) electrons. The summed E-state index contributed by atoms with van der Waals surface area (Å²) in [4.78, 5) is 23.0. The molecule has 1 fully saturated rings. The summed E-state index contributed by atoms with van der Waals surface area (Å²) in [5.74, 6) is 2.04. The number of carbonyl (C=O) groups is 1. The Morgan fingerprint density at radius 2 is 1.94 bits per heavy atom. The third-order valence-corrected chi connectivity index (χ3v) is 7.08. The smallest absolute Gasteiger partial charge is 0.273 e. The number of likely N-dealkylation sites (tertiary alicyclic amines) is 1. The van der Waals surface area contributed by atoms with Gasteiger partial charge in [-0.15, -0.1) is 11.3 Å². The Morgan fingerprint density at radius 3 is 2.72 bits per heavy atom. The van der Waals surface area contributed by atoms with Crippen LogP contribution < -0.4 is 9.47 Å². The predicted molar refractivity (Wildman–Crippen MR) is 127 cm³/mol. The second kappa shape index (κ2) is 8.67. The maximum Gasteiger partial charge on any atom is 0.273 e. The summed E-state index contributed by atoms with van der Waals surface area (Å²) in [6.45, 7) is 1.45. The van der Waals surface area contributed by atoms with Crippen molar-refractivity contribution in [2.24, 2.45) is 0 Å². The summed E-state index contributed by atoms with van der Waals surface area (Å²) >= 11 is 1.47. The van der Waals surface area contributed by atoms with E-state index in [1.807, 2.05) is 40.6 Å². The maximum absolute atomic E-state index is 13.1. The molecular weight excluding hydrogens is 422 g/mol. The number of benzene rings is 2. The number of rotatable bonds is 5. The van der Waals surface area contributed by atoms with Gasteiger partial charge in [0.1, 0.15) is 22.2 Å². The number of fused-ring (bicyclic) bond motifs is 1. The molecule has 1 N–H and O–H groups in total. The summed E-state index contributed by atoms with van der Waals surface area (Å²) in [5.41, 5.74) is 3.84. The fourth-order valence-corrected chi connectivity index (χ4v) is 5.28. The normalized spacial score (nSPS) is 14.6. The van der Waals surface area contributed by atoms with Crippen LogP contribution in [0.1, 0.15) is 34.8 Å². The van der Waals surface area contributed by atoms with Gasteiger partial charge in [0.2, 0.25) is 0 Å². The third kappa shape index (κ3) is 3.73. The fourth-order valence-electron chi connectivity index (χ4n) is 4.46. The summed E-state index contributed by atoms with van der Waals surface area (Å²) in [6, 6.07) is 13.9. The van der Waals surface area contributed by atoms with Gasteiger partial charge in [0, 0.05) is 35.6 Å². The van der Waals surface area contributed by atoms with Crippen molar-refractivity contribution in [3.8, 4) is 22.1 Å². The SMILES string of the molecule is COc1ccc2[nH]cc(C3CCN(C(=O)c4csc(-c5ccccc5OC)n4)CC3)c2c1. The van der Waals surface area contributed by atoms with Crippen molar-refractivity contribution < 1.29 is 14.3 Å². The first-order valence-corrected chi connectivity index (χ1v) is 11.6. The number of H-pyrrole nitrogens is 1. The monoisotopic (exact) mass is 447 g/mol. The number of para-hydroxylation sites is 1. The van der Waals surface area contributed by atoms with Crippen molar-refractivity contribution in [3.63, 3.8) is 0 Å². The summed E-state index contributed by atoms with van der Waals surface area (Å²) in [5, 5.41) is 3.85. The number of methoxy groups -OCH3 is 2. The van der Waals surface area contributed by atoms with Crippen LogP contribution in [0.5, 0.6) is 11.5 Å². The van der Waals surface area contributed by atoms with Crippen LogP contribution in [0.25, 0.3) is 21.5 Å². The summed E-state index contributed by atoms with van der Waals surface area (Å²) < 4.78 is 10.8. The highest BCUT2D eigenvalue weighted by Crippen LogP contribution is 2.36. The van der Waals surface area contributed by atoms with E-state index >= 15 is 0 Å². The number of amides is 1. The minimum absolute atomic E-state index is 0.00134. The standard InChI is InChI=1S/C25H25N3O3S/c1-30-17-7-8-21-19(13-17)20(14-26-21)16-9-11-28(12-10-16)25(29)22-15-32-24(27-22)18-5-3-4-6-23(18)31-2/h3-8,13-16,26H,9-12H2,1-2H3. The second-order valence-corrected chi connectivity index (χ2v) is 8.82. The molecule has 0 aliphatic carbocycles. The number of hydrogen-bond donors (Lipinski definition) is 1. The first-order valence-electron chi connectivity index (χ1n) is 10.7. The number of aromatic nitrogens is 2. The van der Waals surface area contributed by atoms with Crippen LogP contribution in [-0.4, -0.2) is 48.1 Å². The molecule has 3 heterocycles. The van der Waals surface area contributed by atoms with Crippen LogP contribution in [0.15, 0.2) is 54.0 Å². The number of hydrogen-bond acceptors (Lipinski definition) is 5. The molecule has 1 saturated heterocycles. The lowest BCUT2D eigenvalue weighted by Crippen LogP contribution is -2.38. The van der Waals surface area contributed by atoms with Gasteiger partial charge in [-0.2, -0.15) is 0 Å². The van der Waals surface area contributed by atoms with Gasteiger partial charge < -0.3 is 19.4 Å². The molecule has 2 aromatic carbocycles. The van der Waals surface area contributed by atoms with Gasteiger partial charge in [-0.25, -0.2) is 4.98 Å². The summed E-state index contributed by atoms with van der Waals surface area (Å²) in [6.07, 6.45) is 3.96. The number of piperidine rings is 1. The molecule has 1 aliphatic rings. The fraction of sp³-hybridized carbons (Fsp3) is 0.280. The second-order valence-electron chi connectivity index (χ2n) is 7.96. The van der Waals surface area contributed by atoms with Gasteiger partial charge in [-0.05, 0) is 54.7 Å². The minimum Gasteiger partial charge on any atom is -0.497 e. The molecule has 0 bridgehead atoms. The number of nitrogens with one attached hydrogen (secondary N) is 1. The van der Waals surface area contributed by atoms with Crippen molar-refractivity contribution in [1.29, 1.82) is 0 Å². The zero-order valence-electron chi connectivity index (χ0n) is 18.1. The lowest BCUT2D eigenvalue weighted by molar-refractivity contribution is 0.0708. The van der Waals surface area contributed by atoms with Gasteiger partial charge in [0.05, 0.1) is 19.8 Å². The van der Waals surface area contributed by atoms with Crippen LogP contribution >= 0.6 is 11.3 Å². The van der Waals surface area contributed by atoms with E-state index in [1.165, 1.54) is 22.3 Å². The van der Waals surface area contributed by atoms with Crippen LogP contribution in [0.4, 0.5) is 0 Å². The molecule has 0 saturated carbocycles. The van der Waals surface area contributed by atoms with Gasteiger partial charge in [-0.1, -0.05) is 12.1 Å². The van der Waals surface area contributed by atoms with Gasteiger partial charge >= 0.3 is 0 Å². The quantitative estimate of drug-likeness (QED) is 0.449. The van der Waals surface area contributed by atoms with Crippen LogP contribution in [0.3, 0.4) is 0 Å². The topological polar surface area (TPSA) is 67.5 Å². The van der Waals surface area contributed by atoms with Crippen molar-refractivity contribution in [3.05, 3.63) is 65.3 Å². The average molecular weight is 448 g/mol. The molecule has 0 spiro atoms. The number of aromatic amines is 1. The zero-order valence-corrected chi connectivity index (χ0v) is 18.9. The van der Waals surface area contributed by atoms with Gasteiger partial charge in [-0.3, -0.25) is 4.79 Å². The van der Waals surface area contributed by atoms with E-state index in [1.54, 1.807) is 14.2 Å². The molecule has 6 nitrogen and oxygen atoms in total. The van der Waals surface area contributed by atoms with E-state index in [2.05, 4.69) is 28.3 Å². The highest BCUT2D eigenvalue weighted by Gasteiger charge is 2.27. The van der Waals surface area contributed by atoms with Crippen molar-refractivity contribution in [2.75, 3.05) is 27.3 Å². The van der Waals surface area contributed by atoms with Crippen LogP contribution in [-0.2, 0) is 0 Å². The summed E-state index contributed by atoms with van der Waals surface area (Å²) in [7, 11) is 3.34. The number of carbonyl (C=O) groups excluding carboxylic acids is 1. The highest BCUT2D eigenvalue weighted by atomic mass is 32.1. The van der Waals surface area contributed by atoms with Gasteiger partial charge in [0.15, 0.2) is 0 Å². The lowest BCUT2D eigenvalue weighted by atomic mass is 9.89. The molecule has 4 aromatic rings. The molecule has 1 amide bonds. The molecule has 32 heavy (non-hydrogen) atoms. The zero-order chi connectivity index (χ0) is 22.1. The van der Waals surface area contributed by atoms with E-state index in [0.717, 1.165) is 53.5 Å². The van der Waals surface area contributed by atoms with E-state index in [9.17, 15) is 4.79 Å². The predicted octanol–water partition coefficient (Wildman–Crippen LogP) is 5.33. The first-order chi connectivity index (χ1) is 15.7. The average Bonchev–Trinajstić information content (AvgIpc) is 3.51. The Bertz CT molecular complexity index is 1250. The van der Waals surface area contributed by atoms with Gasteiger partial charge in [0.25, 0.3) is 5.91 Å². The maximum atomic E-state index is 13.1. The highest BCUT2D eigenvalue weighted by molar-refractivity contribution is 7.13. The van der Waals surface area contributed by atoms with E-state index < -0.39 is 0 Å². The van der Waals surface area contributed by atoms with Crippen molar-refractivity contribution in [1.82, 2.24) is 14.9 Å². The Hall–Kier alpha value is -3.32. The van der Waals surface area contributed by atoms with E-state index in [4.69, 9.17) is 9.47 Å². The Morgan fingerprint density at radius 1 is 1.12 bits per heavy atom. The molecule has 0 unspecified atom stereocenters. The van der Waals surface area contributed by atoms with E-state index in [0.29, 0.717) is 11.6 Å². The van der Waals surface area contributed by atoms with Crippen molar-refractivity contribution in [2.45, 2.75) is 18.8 Å². The Balaban J connectivity index is 1.29. The number of ether oxygens (including phenoxy) is 2. The lowest BCUT2D eigenvalue weighted by Gasteiger charge is -2.31. The largest absolute Gasteiger partial charge is 0.497 e. The van der Waals surface area contributed by atoms with Crippen molar-refractivity contribution >= 4 is 28.1 Å². The molecule has 0 atom stereocenters. The van der Waals surface area contributed by atoms with Crippen LogP contribution in [0.2, 0.25) is 0 Å². The Kier molecular flexibility index (Phi) is 5.57. The minimum atomic E-state index is 0.00134. The molecule has 5 rings (SSSR count). The van der Waals surface area contributed by atoms with Crippen LogP contribution in [0, 0.1) is 0 Å². The molecule has 164 valence electrons. The molecular formula is C25H25N3O3S.